The van der Waals surface area contributed by atoms with Gasteiger partial charge in [-0.3, -0.25) is 4.72 Å². The zero-order valence-corrected chi connectivity index (χ0v) is 11.7. The van der Waals surface area contributed by atoms with Crippen LogP contribution < -0.4 is 10.0 Å². The maximum Gasteiger partial charge on any atom is 0.301 e. The van der Waals surface area contributed by atoms with Crippen molar-refractivity contribution in [2.24, 2.45) is 0 Å². The van der Waals surface area contributed by atoms with Crippen LogP contribution in [0.2, 0.25) is 0 Å². The zero-order valence-electron chi connectivity index (χ0n) is 10.9. The molecule has 19 heavy (non-hydrogen) atoms. The number of rotatable bonds is 3. The second kappa shape index (κ2) is 5.02. The Morgan fingerprint density at radius 1 is 1.16 bits per heavy atom. The van der Waals surface area contributed by atoms with Crippen LogP contribution in [0.15, 0.2) is 18.2 Å². The molecule has 0 amide bonds. The minimum atomic E-state index is -3.38. The summed E-state index contributed by atoms with van der Waals surface area (Å²) in [5, 5.41) is 3.32. The molecule has 104 valence electrons. The standard InChI is InChI=1S/C13H19N3O2S/c17-19(18,16-8-1-2-9-16)15-12-5-6-13-11(10-12)4-3-7-14-13/h5-6,10,14-15H,1-4,7-9H2. The average molecular weight is 281 g/mol. The van der Waals surface area contributed by atoms with Crippen molar-refractivity contribution in [1.29, 1.82) is 0 Å². The fraction of sp³-hybridized carbons (Fsp3) is 0.538. The van der Waals surface area contributed by atoms with Crippen molar-refractivity contribution in [3.63, 3.8) is 0 Å². The number of benzene rings is 1. The Balaban J connectivity index is 1.79. The second-order valence-corrected chi connectivity index (χ2v) is 6.79. The first-order chi connectivity index (χ1) is 9.15. The van der Waals surface area contributed by atoms with E-state index in [-0.39, 0.29) is 0 Å². The van der Waals surface area contributed by atoms with Crippen LogP contribution in [0.4, 0.5) is 11.4 Å². The Morgan fingerprint density at radius 2 is 1.95 bits per heavy atom. The summed E-state index contributed by atoms with van der Waals surface area (Å²) in [6.45, 7) is 2.25. The lowest BCUT2D eigenvalue weighted by atomic mass is 10.0. The van der Waals surface area contributed by atoms with E-state index < -0.39 is 10.2 Å². The lowest BCUT2D eigenvalue weighted by Crippen LogP contribution is -2.33. The Labute approximate surface area is 114 Å². The molecular weight excluding hydrogens is 262 g/mol. The van der Waals surface area contributed by atoms with E-state index in [1.54, 1.807) is 0 Å². The van der Waals surface area contributed by atoms with Gasteiger partial charge in [-0.1, -0.05) is 0 Å². The number of nitrogens with one attached hydrogen (secondary N) is 2. The molecule has 2 N–H and O–H groups in total. The van der Waals surface area contributed by atoms with E-state index >= 15 is 0 Å². The molecule has 1 aromatic rings. The van der Waals surface area contributed by atoms with E-state index in [9.17, 15) is 8.42 Å². The minimum absolute atomic E-state index is 0.627. The third-order valence-electron chi connectivity index (χ3n) is 3.70. The molecule has 1 fully saturated rings. The number of nitrogens with zero attached hydrogens (tertiary/aromatic N) is 1. The van der Waals surface area contributed by atoms with Crippen molar-refractivity contribution in [1.82, 2.24) is 4.31 Å². The maximum atomic E-state index is 12.2. The normalized spacial score (nSPS) is 19.8. The van der Waals surface area contributed by atoms with Crippen LogP contribution in [-0.4, -0.2) is 32.4 Å². The smallest absolute Gasteiger partial charge is 0.301 e. The Morgan fingerprint density at radius 3 is 2.74 bits per heavy atom. The molecule has 1 aromatic carbocycles. The van der Waals surface area contributed by atoms with Gasteiger partial charge in [0.25, 0.3) is 0 Å². The van der Waals surface area contributed by atoms with E-state index in [0.29, 0.717) is 18.8 Å². The molecular formula is C13H19N3O2S. The molecule has 6 heteroatoms. The van der Waals surface area contributed by atoms with Gasteiger partial charge in [0.05, 0.1) is 5.69 Å². The van der Waals surface area contributed by atoms with Crippen LogP contribution in [0.1, 0.15) is 24.8 Å². The van der Waals surface area contributed by atoms with Crippen LogP contribution in [0.5, 0.6) is 0 Å². The molecule has 2 heterocycles. The maximum absolute atomic E-state index is 12.2. The number of fused-ring (bicyclic) bond motifs is 1. The third kappa shape index (κ3) is 2.69. The van der Waals surface area contributed by atoms with Gasteiger partial charge < -0.3 is 5.32 Å². The number of anilines is 2. The zero-order chi connectivity index (χ0) is 13.3. The average Bonchev–Trinajstić information content (AvgIpc) is 2.93. The highest BCUT2D eigenvalue weighted by molar-refractivity contribution is 7.90. The Kier molecular flexibility index (Phi) is 3.36. The van der Waals surface area contributed by atoms with Crippen LogP contribution >= 0.6 is 0 Å². The molecule has 0 aliphatic carbocycles. The first kappa shape index (κ1) is 12.7. The fourth-order valence-corrected chi connectivity index (χ4v) is 3.97. The van der Waals surface area contributed by atoms with E-state index in [1.165, 1.54) is 9.87 Å². The van der Waals surface area contributed by atoms with Crippen molar-refractivity contribution < 1.29 is 8.42 Å². The summed E-state index contributed by atoms with van der Waals surface area (Å²) in [4.78, 5) is 0. The largest absolute Gasteiger partial charge is 0.385 e. The fourth-order valence-electron chi connectivity index (χ4n) is 2.68. The van der Waals surface area contributed by atoms with Crippen LogP contribution in [-0.2, 0) is 16.6 Å². The molecule has 0 spiro atoms. The van der Waals surface area contributed by atoms with Crippen molar-refractivity contribution in [2.75, 3.05) is 29.7 Å². The molecule has 0 atom stereocenters. The summed E-state index contributed by atoms with van der Waals surface area (Å²) in [5.41, 5.74) is 2.97. The third-order valence-corrected chi connectivity index (χ3v) is 5.23. The van der Waals surface area contributed by atoms with Crippen molar-refractivity contribution in [3.05, 3.63) is 23.8 Å². The highest BCUT2D eigenvalue weighted by Gasteiger charge is 2.25. The topological polar surface area (TPSA) is 61.4 Å². The molecule has 2 aliphatic rings. The molecule has 0 bridgehead atoms. The first-order valence-corrected chi connectivity index (χ1v) is 8.24. The van der Waals surface area contributed by atoms with Crippen LogP contribution in [0, 0.1) is 0 Å². The number of aryl methyl sites for hydroxylation is 1. The summed E-state index contributed by atoms with van der Waals surface area (Å²) in [5.74, 6) is 0. The van der Waals surface area contributed by atoms with Crippen LogP contribution in [0.25, 0.3) is 0 Å². The lowest BCUT2D eigenvalue weighted by Gasteiger charge is -2.20. The van der Waals surface area contributed by atoms with E-state index in [4.69, 9.17) is 0 Å². The highest BCUT2D eigenvalue weighted by atomic mass is 32.2. The first-order valence-electron chi connectivity index (χ1n) is 6.80. The van der Waals surface area contributed by atoms with Crippen molar-refractivity contribution in [3.8, 4) is 0 Å². The summed E-state index contributed by atoms with van der Waals surface area (Å²) < 4.78 is 28.5. The van der Waals surface area contributed by atoms with Gasteiger partial charge in [0.15, 0.2) is 0 Å². The lowest BCUT2D eigenvalue weighted by molar-refractivity contribution is 0.482. The summed E-state index contributed by atoms with van der Waals surface area (Å²) >= 11 is 0. The molecule has 0 aromatic heterocycles. The number of hydrogen-bond acceptors (Lipinski definition) is 3. The van der Waals surface area contributed by atoms with Gasteiger partial charge in [0, 0.05) is 25.3 Å². The van der Waals surface area contributed by atoms with Crippen molar-refractivity contribution >= 4 is 21.6 Å². The van der Waals surface area contributed by atoms with Gasteiger partial charge in [-0.25, -0.2) is 0 Å². The Bertz CT molecular complexity index is 565. The monoisotopic (exact) mass is 281 g/mol. The molecule has 0 saturated carbocycles. The van der Waals surface area contributed by atoms with E-state index in [0.717, 1.165) is 37.9 Å². The van der Waals surface area contributed by atoms with E-state index in [1.807, 2.05) is 18.2 Å². The molecule has 2 aliphatic heterocycles. The van der Waals surface area contributed by atoms with Gasteiger partial charge in [-0.15, -0.1) is 0 Å². The van der Waals surface area contributed by atoms with Gasteiger partial charge in [-0.05, 0) is 49.4 Å². The summed E-state index contributed by atoms with van der Waals surface area (Å²) in [6.07, 6.45) is 4.00. The predicted molar refractivity (Wildman–Crippen MR) is 76.6 cm³/mol. The van der Waals surface area contributed by atoms with Gasteiger partial charge in [0.2, 0.25) is 0 Å². The number of hydrogen-bond donors (Lipinski definition) is 2. The second-order valence-electron chi connectivity index (χ2n) is 5.12. The van der Waals surface area contributed by atoms with Gasteiger partial charge in [-0.2, -0.15) is 12.7 Å². The molecule has 1 saturated heterocycles. The SMILES string of the molecule is O=S(=O)(Nc1ccc2c(c1)CCCN2)N1CCCC1. The quantitative estimate of drug-likeness (QED) is 0.888. The minimum Gasteiger partial charge on any atom is -0.385 e. The van der Waals surface area contributed by atoms with E-state index in [2.05, 4.69) is 10.0 Å². The van der Waals surface area contributed by atoms with Crippen LogP contribution in [0.3, 0.4) is 0 Å². The Hall–Kier alpha value is -1.27. The van der Waals surface area contributed by atoms with Crippen molar-refractivity contribution in [2.45, 2.75) is 25.7 Å². The molecule has 0 unspecified atom stereocenters. The highest BCUT2D eigenvalue weighted by Crippen LogP contribution is 2.26. The molecule has 0 radical (unpaired) electrons. The molecule has 3 rings (SSSR count). The summed E-state index contributed by atoms with van der Waals surface area (Å²) in [7, 11) is -3.38. The van der Waals surface area contributed by atoms with Gasteiger partial charge >= 0.3 is 10.2 Å². The molecule has 5 nitrogen and oxygen atoms in total. The summed E-state index contributed by atoms with van der Waals surface area (Å²) in [6, 6.07) is 5.72. The van der Waals surface area contributed by atoms with Gasteiger partial charge in [0.1, 0.15) is 0 Å². The predicted octanol–water partition coefficient (Wildman–Crippen LogP) is 1.80.